The second-order valence-corrected chi connectivity index (χ2v) is 14.0. The fourth-order valence-corrected chi connectivity index (χ4v) is 7.97. The number of rotatable bonds is 8. The number of benzene rings is 4. The van der Waals surface area contributed by atoms with Crippen molar-refractivity contribution in [3.8, 4) is 0 Å². The third kappa shape index (κ3) is 6.45. The van der Waals surface area contributed by atoms with Crippen molar-refractivity contribution >= 4 is 39.6 Å². The summed E-state index contributed by atoms with van der Waals surface area (Å²) in [6.07, 6.45) is 10.6. The van der Waals surface area contributed by atoms with Gasteiger partial charge in [-0.3, -0.25) is 4.79 Å². The van der Waals surface area contributed by atoms with Crippen LogP contribution in [0.4, 0.5) is 0 Å². The molecule has 0 aliphatic carbocycles. The molecule has 0 saturated heterocycles. The number of fused-ring (bicyclic) bond motifs is 6. The van der Waals surface area contributed by atoms with E-state index in [0.29, 0.717) is 13.1 Å². The summed E-state index contributed by atoms with van der Waals surface area (Å²) < 4.78 is 2.11. The Morgan fingerprint density at radius 3 is 1.43 bits per heavy atom. The number of nitrogens with one attached hydrogen (secondary N) is 1. The highest BCUT2D eigenvalue weighted by Gasteiger charge is 2.26. The van der Waals surface area contributed by atoms with Crippen molar-refractivity contribution in [1.29, 1.82) is 0 Å². The van der Waals surface area contributed by atoms with Crippen LogP contribution < -0.4 is 10.7 Å². The highest BCUT2D eigenvalue weighted by molar-refractivity contribution is 6.31. The first-order valence-corrected chi connectivity index (χ1v) is 19.3. The third-order valence-electron chi connectivity index (χ3n) is 10.6. The lowest BCUT2D eigenvalue weighted by Crippen LogP contribution is -2.33. The van der Waals surface area contributed by atoms with Crippen LogP contribution in [-0.2, 0) is 11.3 Å². The maximum Gasteiger partial charge on any atom is 0.242 e. The molecule has 272 valence electrons. The Balaban J connectivity index is 1.42. The summed E-state index contributed by atoms with van der Waals surface area (Å²) in [5, 5.41) is 1.92. The van der Waals surface area contributed by atoms with Gasteiger partial charge in [-0.15, -0.1) is 0 Å². The van der Waals surface area contributed by atoms with Gasteiger partial charge in [-0.05, 0) is 78.6 Å². The molecule has 0 spiro atoms. The van der Waals surface area contributed by atoms with Gasteiger partial charge < -0.3 is 14.5 Å². The number of hydrogen-bond donors (Lipinski definition) is 1. The molecule has 8 bridgehead atoms. The quantitative estimate of drug-likeness (QED) is 0.168. The molecule has 6 nitrogen and oxygen atoms in total. The molecule has 0 fully saturated rings. The Bertz CT molecular complexity index is 2770. The molecule has 6 aromatic rings. The summed E-state index contributed by atoms with van der Waals surface area (Å²) in [5.41, 5.74) is 13.4. The lowest BCUT2D eigenvalue weighted by Gasteiger charge is -2.20. The number of likely N-dealkylation sites (N-methyl/N-ethyl adjacent to an activating group) is 1. The Labute approximate surface area is 326 Å². The number of aromatic nitrogens is 2. The zero-order chi connectivity index (χ0) is 38.0. The molecule has 3 aliphatic heterocycles. The summed E-state index contributed by atoms with van der Waals surface area (Å²) in [6, 6.07) is 48.2. The van der Waals surface area contributed by atoms with Crippen LogP contribution in [0.1, 0.15) is 47.4 Å². The highest BCUT2D eigenvalue weighted by Crippen LogP contribution is 2.38. The Kier molecular flexibility index (Phi) is 9.29. The molecule has 4 aromatic carbocycles. The molecule has 3 aliphatic rings. The topological polar surface area (TPSA) is 65.8 Å². The van der Waals surface area contributed by atoms with Gasteiger partial charge in [0, 0.05) is 57.8 Å². The second-order valence-electron chi connectivity index (χ2n) is 14.0. The molecule has 2 aromatic heterocycles. The van der Waals surface area contributed by atoms with Crippen LogP contribution in [0, 0.1) is 0 Å². The summed E-state index contributed by atoms with van der Waals surface area (Å²) in [6.45, 7) is 5.52. The average molecular weight is 728 g/mol. The summed E-state index contributed by atoms with van der Waals surface area (Å²) >= 11 is 0. The molecule has 1 amide bonds. The SMILES string of the molecule is CCN(CC)C(=O)Cn1cc2cc1C(c1ccccc1)=C1C=CC(=N1)C(c1ccccc1)=c1ccc([nH]1)=C(c1ccccc1)C1=NC(=C2c2ccccc2)C=C1. The standard InChI is InChI=1S/C50H41N5O/c1-3-54(4-2)46(56)33-55-32-38-31-45(55)50(37-23-15-8-16-24-37)44-30-29-43(53-44)49(36-21-13-7-14-22-36)42-28-27-41(52-42)48(35-19-11-6-12-20-35)40-26-25-39(51-40)47(38)34-17-9-5-10-18-34/h5-32,52H,3-4,33H2,1-2H3. The summed E-state index contributed by atoms with van der Waals surface area (Å²) in [4.78, 5) is 30.5. The van der Waals surface area contributed by atoms with E-state index in [9.17, 15) is 4.79 Å². The first-order valence-electron chi connectivity index (χ1n) is 19.3. The molecule has 0 saturated carbocycles. The van der Waals surface area contributed by atoms with Gasteiger partial charge in [0.25, 0.3) is 0 Å². The minimum absolute atomic E-state index is 0.0620. The molecule has 1 N–H and O–H groups in total. The molecule has 5 heterocycles. The fourth-order valence-electron chi connectivity index (χ4n) is 7.97. The van der Waals surface area contributed by atoms with Gasteiger partial charge >= 0.3 is 0 Å². The molecule has 0 atom stereocenters. The number of H-pyrrole nitrogens is 1. The number of carbonyl (C=O) groups is 1. The normalized spacial score (nSPS) is 14.8. The second kappa shape index (κ2) is 15.0. The Hall–Kier alpha value is -7.05. The lowest BCUT2D eigenvalue weighted by atomic mass is 9.96. The summed E-state index contributed by atoms with van der Waals surface area (Å²) in [7, 11) is 0. The number of amides is 1. The van der Waals surface area contributed by atoms with Gasteiger partial charge in [-0.25, -0.2) is 9.98 Å². The maximum absolute atomic E-state index is 14.0. The van der Waals surface area contributed by atoms with Crippen molar-refractivity contribution in [2.75, 3.05) is 13.1 Å². The van der Waals surface area contributed by atoms with Crippen molar-refractivity contribution in [2.45, 2.75) is 20.4 Å². The average Bonchev–Trinajstić information content (AvgIpc) is 4.08. The first-order chi connectivity index (χ1) is 27.6. The molecule has 0 unspecified atom stereocenters. The molecular formula is C50H41N5O. The van der Waals surface area contributed by atoms with Crippen LogP contribution >= 0.6 is 0 Å². The van der Waals surface area contributed by atoms with Crippen LogP contribution in [0.25, 0.3) is 22.3 Å². The van der Waals surface area contributed by atoms with Gasteiger partial charge in [-0.1, -0.05) is 121 Å². The molecule has 9 rings (SSSR count). The van der Waals surface area contributed by atoms with E-state index in [4.69, 9.17) is 9.98 Å². The monoisotopic (exact) mass is 727 g/mol. The Morgan fingerprint density at radius 2 is 0.964 bits per heavy atom. The predicted octanol–water partition coefficient (Wildman–Crippen LogP) is 8.34. The number of aromatic amines is 1. The first kappa shape index (κ1) is 34.7. The highest BCUT2D eigenvalue weighted by atomic mass is 16.2. The molecule has 0 radical (unpaired) electrons. The van der Waals surface area contributed by atoms with Crippen molar-refractivity contribution in [1.82, 2.24) is 14.5 Å². The smallest absolute Gasteiger partial charge is 0.242 e. The number of nitrogens with zero attached hydrogens (tertiary/aromatic N) is 4. The predicted molar refractivity (Wildman–Crippen MR) is 228 cm³/mol. The van der Waals surface area contributed by atoms with Gasteiger partial charge in [0.15, 0.2) is 0 Å². The van der Waals surface area contributed by atoms with E-state index in [1.807, 2.05) is 43.0 Å². The zero-order valence-electron chi connectivity index (χ0n) is 31.5. The Morgan fingerprint density at radius 1 is 0.536 bits per heavy atom. The minimum Gasteiger partial charge on any atom is -0.354 e. The fraction of sp³-hybridized carbons (Fsp3) is 0.100. The van der Waals surface area contributed by atoms with Crippen molar-refractivity contribution in [2.24, 2.45) is 9.98 Å². The van der Waals surface area contributed by atoms with Crippen molar-refractivity contribution < 1.29 is 4.79 Å². The lowest BCUT2D eigenvalue weighted by molar-refractivity contribution is -0.131. The maximum atomic E-state index is 14.0. The van der Waals surface area contributed by atoms with E-state index in [-0.39, 0.29) is 12.5 Å². The van der Waals surface area contributed by atoms with E-state index < -0.39 is 0 Å². The molecule has 6 heteroatoms. The van der Waals surface area contributed by atoms with Crippen LogP contribution in [0.15, 0.2) is 191 Å². The number of hydrogen-bond acceptors (Lipinski definition) is 3. The van der Waals surface area contributed by atoms with Crippen molar-refractivity contribution in [3.63, 3.8) is 0 Å². The minimum atomic E-state index is 0.0620. The van der Waals surface area contributed by atoms with Crippen molar-refractivity contribution in [3.05, 3.63) is 226 Å². The van der Waals surface area contributed by atoms with E-state index in [2.05, 4.69) is 155 Å². The number of carbonyl (C=O) groups excluding carboxylic acids is 1. The summed E-state index contributed by atoms with van der Waals surface area (Å²) in [5.74, 6) is 0.0620. The van der Waals surface area contributed by atoms with Crippen LogP contribution in [0.5, 0.6) is 0 Å². The molecular weight excluding hydrogens is 687 g/mol. The van der Waals surface area contributed by atoms with Crippen LogP contribution in [0.3, 0.4) is 0 Å². The number of aliphatic imine (C=N–C) groups is 2. The molecule has 56 heavy (non-hydrogen) atoms. The van der Waals surface area contributed by atoms with Gasteiger partial charge in [0.05, 0.1) is 28.5 Å². The largest absolute Gasteiger partial charge is 0.354 e. The van der Waals surface area contributed by atoms with Gasteiger partial charge in [-0.2, -0.15) is 0 Å². The number of allylic oxidation sites excluding steroid dienone is 4. The third-order valence-corrected chi connectivity index (χ3v) is 10.6. The van der Waals surface area contributed by atoms with Crippen LogP contribution in [-0.4, -0.2) is 44.9 Å². The van der Waals surface area contributed by atoms with Gasteiger partial charge in [0.1, 0.15) is 6.54 Å². The van der Waals surface area contributed by atoms with E-state index in [1.54, 1.807) is 0 Å². The van der Waals surface area contributed by atoms with E-state index >= 15 is 0 Å². The zero-order valence-corrected chi connectivity index (χ0v) is 31.5. The van der Waals surface area contributed by atoms with Crippen LogP contribution in [0.2, 0.25) is 0 Å². The van der Waals surface area contributed by atoms with E-state index in [1.165, 1.54) is 0 Å². The van der Waals surface area contributed by atoms with Gasteiger partial charge in [0.2, 0.25) is 5.91 Å². The van der Waals surface area contributed by atoms with E-state index in [0.717, 1.165) is 89.3 Å².